The van der Waals surface area contributed by atoms with Crippen LogP contribution in [0.15, 0.2) is 42.6 Å². The molecule has 1 aromatic heterocycles. The number of hydrogen-bond acceptors (Lipinski definition) is 4. The van der Waals surface area contributed by atoms with Crippen molar-refractivity contribution in [3.05, 3.63) is 53.7 Å². The molecule has 0 aliphatic carbocycles. The minimum atomic E-state index is 0.108. The average molecular weight is 353 g/mol. The molecule has 1 aromatic carbocycles. The highest BCUT2D eigenvalue weighted by molar-refractivity contribution is 5.94. The number of ether oxygens (including phenoxy) is 1. The van der Waals surface area contributed by atoms with E-state index in [1.165, 1.54) is 12.0 Å². The lowest BCUT2D eigenvalue weighted by Crippen LogP contribution is -2.39. The van der Waals surface area contributed by atoms with Crippen molar-refractivity contribution in [1.82, 2.24) is 9.88 Å². The number of likely N-dealkylation sites (tertiary alicyclic amines) is 1. The van der Waals surface area contributed by atoms with Gasteiger partial charge in [-0.1, -0.05) is 19.1 Å². The summed E-state index contributed by atoms with van der Waals surface area (Å²) in [5.41, 5.74) is 1.94. The summed E-state index contributed by atoms with van der Waals surface area (Å²) in [6, 6.07) is 11.7. The Morgan fingerprint density at radius 3 is 2.85 bits per heavy atom. The first kappa shape index (κ1) is 18.2. The van der Waals surface area contributed by atoms with Gasteiger partial charge in [0, 0.05) is 31.4 Å². The quantitative estimate of drug-likeness (QED) is 0.862. The van der Waals surface area contributed by atoms with E-state index in [-0.39, 0.29) is 5.91 Å². The Balaban J connectivity index is 1.55. The van der Waals surface area contributed by atoms with Crippen LogP contribution in [0.1, 0.15) is 35.7 Å². The first-order valence-corrected chi connectivity index (χ1v) is 9.28. The average Bonchev–Trinajstić information content (AvgIpc) is 2.68. The van der Waals surface area contributed by atoms with Crippen molar-refractivity contribution in [2.24, 2.45) is 5.92 Å². The van der Waals surface area contributed by atoms with Crippen LogP contribution in [0.2, 0.25) is 0 Å². The van der Waals surface area contributed by atoms with Crippen molar-refractivity contribution >= 4 is 11.7 Å². The summed E-state index contributed by atoms with van der Waals surface area (Å²) in [7, 11) is 1.67. The summed E-state index contributed by atoms with van der Waals surface area (Å²) in [4.78, 5) is 19.0. The van der Waals surface area contributed by atoms with Crippen molar-refractivity contribution in [2.45, 2.75) is 26.2 Å². The summed E-state index contributed by atoms with van der Waals surface area (Å²) in [5, 5.41) is 3.32. The number of amides is 1. The Kier molecular flexibility index (Phi) is 6.10. The van der Waals surface area contributed by atoms with E-state index in [1.54, 1.807) is 19.4 Å². The Labute approximate surface area is 155 Å². The summed E-state index contributed by atoms with van der Waals surface area (Å²) < 4.78 is 5.17. The lowest BCUT2D eigenvalue weighted by Gasteiger charge is -2.31. The number of aromatic nitrogens is 1. The van der Waals surface area contributed by atoms with Gasteiger partial charge < -0.3 is 15.0 Å². The third kappa shape index (κ3) is 4.75. The van der Waals surface area contributed by atoms with Gasteiger partial charge >= 0.3 is 0 Å². The molecule has 26 heavy (non-hydrogen) atoms. The molecule has 1 amide bonds. The van der Waals surface area contributed by atoms with Gasteiger partial charge in [-0.05, 0) is 55.0 Å². The second-order valence-electron chi connectivity index (χ2n) is 6.95. The fraction of sp³-hybridized carbons (Fsp3) is 0.429. The number of nitrogens with zero attached hydrogens (tertiary/aromatic N) is 2. The SMILES string of the molecule is COc1ccc(CCNc2cc(C(=O)N3CCCC(C)C3)ccn2)cc1. The maximum atomic E-state index is 12.7. The highest BCUT2D eigenvalue weighted by atomic mass is 16.5. The molecule has 0 bridgehead atoms. The summed E-state index contributed by atoms with van der Waals surface area (Å²) >= 11 is 0. The molecule has 1 aliphatic heterocycles. The predicted molar refractivity (Wildman–Crippen MR) is 104 cm³/mol. The van der Waals surface area contributed by atoms with Crippen molar-refractivity contribution in [3.8, 4) is 5.75 Å². The van der Waals surface area contributed by atoms with Crippen LogP contribution >= 0.6 is 0 Å². The third-order valence-electron chi connectivity index (χ3n) is 4.83. The minimum absolute atomic E-state index is 0.108. The number of anilines is 1. The molecule has 0 radical (unpaired) electrons. The van der Waals surface area contributed by atoms with Gasteiger partial charge in [0.15, 0.2) is 0 Å². The minimum Gasteiger partial charge on any atom is -0.497 e. The molecule has 1 saturated heterocycles. The van der Waals surface area contributed by atoms with Gasteiger partial charge in [-0.15, -0.1) is 0 Å². The highest BCUT2D eigenvalue weighted by Crippen LogP contribution is 2.19. The fourth-order valence-electron chi connectivity index (χ4n) is 3.34. The first-order chi connectivity index (χ1) is 12.7. The van der Waals surface area contributed by atoms with Gasteiger partial charge in [0.05, 0.1) is 7.11 Å². The zero-order chi connectivity index (χ0) is 18.4. The van der Waals surface area contributed by atoms with Crippen LogP contribution < -0.4 is 10.1 Å². The molecule has 2 aromatic rings. The highest BCUT2D eigenvalue weighted by Gasteiger charge is 2.22. The molecule has 5 nitrogen and oxygen atoms in total. The Morgan fingerprint density at radius 2 is 2.12 bits per heavy atom. The first-order valence-electron chi connectivity index (χ1n) is 9.28. The van der Waals surface area contributed by atoms with Gasteiger partial charge in [0.1, 0.15) is 11.6 Å². The Morgan fingerprint density at radius 1 is 1.31 bits per heavy atom. The fourth-order valence-corrected chi connectivity index (χ4v) is 3.34. The smallest absolute Gasteiger partial charge is 0.254 e. The van der Waals surface area contributed by atoms with Crippen LogP contribution in [0.5, 0.6) is 5.75 Å². The number of piperidine rings is 1. The van der Waals surface area contributed by atoms with Crippen molar-refractivity contribution in [1.29, 1.82) is 0 Å². The standard InChI is InChI=1S/C21H27N3O2/c1-16-4-3-13-24(15-16)21(25)18-10-12-23-20(14-18)22-11-9-17-5-7-19(26-2)8-6-17/h5-8,10,12,14,16H,3-4,9,11,13,15H2,1-2H3,(H,22,23). The number of nitrogens with one attached hydrogen (secondary N) is 1. The van der Waals surface area contributed by atoms with Crippen LogP contribution in [0.25, 0.3) is 0 Å². The molecular weight excluding hydrogens is 326 g/mol. The molecule has 0 spiro atoms. The molecule has 2 heterocycles. The van der Waals surface area contributed by atoms with Crippen LogP contribution in [0.3, 0.4) is 0 Å². The molecule has 138 valence electrons. The van der Waals surface area contributed by atoms with Crippen LogP contribution in [0.4, 0.5) is 5.82 Å². The molecular formula is C21H27N3O2. The molecule has 0 saturated carbocycles. The zero-order valence-electron chi connectivity index (χ0n) is 15.6. The Hall–Kier alpha value is -2.56. The van der Waals surface area contributed by atoms with E-state index in [1.807, 2.05) is 23.1 Å². The van der Waals surface area contributed by atoms with E-state index < -0.39 is 0 Å². The van der Waals surface area contributed by atoms with E-state index in [2.05, 4.69) is 29.4 Å². The molecule has 1 atom stereocenters. The number of rotatable bonds is 6. The topological polar surface area (TPSA) is 54.5 Å². The van der Waals surface area contributed by atoms with Crippen molar-refractivity contribution in [2.75, 3.05) is 32.1 Å². The van der Waals surface area contributed by atoms with E-state index in [0.717, 1.165) is 44.0 Å². The number of pyridine rings is 1. The molecule has 1 aliphatic rings. The van der Waals surface area contributed by atoms with Gasteiger partial charge in [0.25, 0.3) is 5.91 Å². The molecule has 1 unspecified atom stereocenters. The number of carbonyl (C=O) groups is 1. The van der Waals surface area contributed by atoms with Crippen LogP contribution in [0, 0.1) is 5.92 Å². The van der Waals surface area contributed by atoms with E-state index >= 15 is 0 Å². The number of benzene rings is 1. The molecule has 3 rings (SSSR count). The van der Waals surface area contributed by atoms with Crippen molar-refractivity contribution < 1.29 is 9.53 Å². The summed E-state index contributed by atoms with van der Waals surface area (Å²) in [5.74, 6) is 2.30. The third-order valence-corrected chi connectivity index (χ3v) is 4.83. The maximum absolute atomic E-state index is 12.7. The lowest BCUT2D eigenvalue weighted by molar-refractivity contribution is 0.0683. The molecule has 1 N–H and O–H groups in total. The maximum Gasteiger partial charge on any atom is 0.254 e. The summed E-state index contributed by atoms with van der Waals surface area (Å²) in [6.45, 7) is 4.67. The number of methoxy groups -OCH3 is 1. The number of hydrogen-bond donors (Lipinski definition) is 1. The van der Waals surface area contributed by atoms with Crippen LogP contribution in [-0.4, -0.2) is 42.5 Å². The van der Waals surface area contributed by atoms with E-state index in [4.69, 9.17) is 4.74 Å². The van der Waals surface area contributed by atoms with Crippen molar-refractivity contribution in [3.63, 3.8) is 0 Å². The monoisotopic (exact) mass is 353 g/mol. The number of carbonyl (C=O) groups excluding carboxylic acids is 1. The van der Waals surface area contributed by atoms with Gasteiger partial charge in [0.2, 0.25) is 0 Å². The van der Waals surface area contributed by atoms with Gasteiger partial charge in [-0.3, -0.25) is 4.79 Å². The van der Waals surface area contributed by atoms with Gasteiger partial charge in [-0.25, -0.2) is 4.98 Å². The second kappa shape index (κ2) is 8.70. The van der Waals surface area contributed by atoms with Gasteiger partial charge in [-0.2, -0.15) is 0 Å². The lowest BCUT2D eigenvalue weighted by atomic mass is 9.99. The van der Waals surface area contributed by atoms with Crippen LogP contribution in [-0.2, 0) is 6.42 Å². The second-order valence-corrected chi connectivity index (χ2v) is 6.95. The predicted octanol–water partition coefficient (Wildman–Crippen LogP) is 3.62. The zero-order valence-corrected chi connectivity index (χ0v) is 15.6. The van der Waals surface area contributed by atoms with E-state index in [9.17, 15) is 4.79 Å². The normalized spacial score (nSPS) is 17.0. The molecule has 5 heteroatoms. The Bertz CT molecular complexity index is 730. The molecule has 1 fully saturated rings. The summed E-state index contributed by atoms with van der Waals surface area (Å²) in [6.07, 6.45) is 4.88. The van der Waals surface area contributed by atoms with E-state index in [0.29, 0.717) is 11.5 Å². The largest absolute Gasteiger partial charge is 0.497 e.